The maximum Gasteiger partial charge on any atom is 0.217 e. The quantitative estimate of drug-likeness (QED) is 0.775. The van der Waals surface area contributed by atoms with Crippen molar-refractivity contribution < 1.29 is 18.3 Å². The van der Waals surface area contributed by atoms with E-state index < -0.39 is 11.6 Å². The van der Waals surface area contributed by atoms with Crippen LogP contribution in [0.1, 0.15) is 37.8 Å². The van der Waals surface area contributed by atoms with Crippen LogP contribution in [-0.2, 0) is 0 Å². The predicted molar refractivity (Wildman–Crippen MR) is 88.6 cm³/mol. The van der Waals surface area contributed by atoms with E-state index in [4.69, 9.17) is 9.47 Å². The largest absolute Gasteiger partial charge is 0.487 e. The van der Waals surface area contributed by atoms with Gasteiger partial charge in [-0.3, -0.25) is 0 Å². The number of hydrogen-bond acceptors (Lipinski definition) is 4. The van der Waals surface area contributed by atoms with Crippen LogP contribution in [0.4, 0.5) is 8.78 Å². The Balaban J connectivity index is 1.59. The summed E-state index contributed by atoms with van der Waals surface area (Å²) in [6.45, 7) is 2.16. The fourth-order valence-corrected chi connectivity index (χ4v) is 2.70. The number of rotatable bonds is 6. The van der Waals surface area contributed by atoms with Crippen LogP contribution in [-0.4, -0.2) is 22.7 Å². The minimum atomic E-state index is -0.734. The molecule has 0 bridgehead atoms. The van der Waals surface area contributed by atoms with Crippen LogP contribution >= 0.6 is 0 Å². The molecule has 0 unspecified atom stereocenters. The molecule has 0 N–H and O–H groups in total. The van der Waals surface area contributed by atoms with Gasteiger partial charge in [0.2, 0.25) is 5.88 Å². The molecule has 0 amide bonds. The van der Waals surface area contributed by atoms with Crippen molar-refractivity contribution in [2.24, 2.45) is 5.92 Å². The van der Waals surface area contributed by atoms with Gasteiger partial charge >= 0.3 is 0 Å². The van der Waals surface area contributed by atoms with Crippen LogP contribution in [0.25, 0.3) is 11.4 Å². The zero-order chi connectivity index (χ0) is 17.4. The SMILES string of the molecule is Cc1cc(OC2CCC2)nc(-c2cc(F)c(OCC3CC3)c(F)c2)n1. The van der Waals surface area contributed by atoms with E-state index in [1.807, 2.05) is 0 Å². The Kier molecular flexibility index (Phi) is 4.27. The lowest BCUT2D eigenvalue weighted by atomic mass is 9.96. The first-order valence-corrected chi connectivity index (χ1v) is 8.73. The second-order valence-corrected chi connectivity index (χ2v) is 6.87. The zero-order valence-electron chi connectivity index (χ0n) is 14.1. The highest BCUT2D eigenvalue weighted by molar-refractivity contribution is 5.58. The summed E-state index contributed by atoms with van der Waals surface area (Å²) in [7, 11) is 0. The smallest absolute Gasteiger partial charge is 0.217 e. The van der Waals surface area contributed by atoms with Crippen molar-refractivity contribution in [2.75, 3.05) is 6.61 Å². The molecule has 0 aliphatic heterocycles. The summed E-state index contributed by atoms with van der Waals surface area (Å²) in [4.78, 5) is 8.60. The van der Waals surface area contributed by atoms with Crippen molar-refractivity contribution in [2.45, 2.75) is 45.1 Å². The lowest BCUT2D eigenvalue weighted by molar-refractivity contribution is 0.114. The number of aryl methyl sites for hydroxylation is 1. The Hall–Kier alpha value is -2.24. The summed E-state index contributed by atoms with van der Waals surface area (Å²) in [6, 6.07) is 4.17. The number of halogens is 2. The van der Waals surface area contributed by atoms with Gasteiger partial charge < -0.3 is 9.47 Å². The van der Waals surface area contributed by atoms with E-state index in [1.165, 1.54) is 12.1 Å². The fourth-order valence-electron chi connectivity index (χ4n) is 2.70. The molecule has 4 nitrogen and oxygen atoms in total. The van der Waals surface area contributed by atoms with Gasteiger partial charge in [0.05, 0.1) is 6.61 Å². The number of nitrogens with zero attached hydrogens (tertiary/aromatic N) is 2. The molecule has 2 aromatic rings. The van der Waals surface area contributed by atoms with E-state index in [0.717, 1.165) is 32.1 Å². The number of ether oxygens (including phenoxy) is 2. The van der Waals surface area contributed by atoms with Gasteiger partial charge in [0.25, 0.3) is 0 Å². The summed E-state index contributed by atoms with van der Waals surface area (Å²) in [5, 5.41) is 0. The van der Waals surface area contributed by atoms with Crippen molar-refractivity contribution in [1.29, 1.82) is 0 Å². The first-order valence-electron chi connectivity index (χ1n) is 8.73. The van der Waals surface area contributed by atoms with Gasteiger partial charge in [0.1, 0.15) is 6.10 Å². The van der Waals surface area contributed by atoms with Crippen LogP contribution in [0.3, 0.4) is 0 Å². The topological polar surface area (TPSA) is 44.2 Å². The lowest BCUT2D eigenvalue weighted by Crippen LogP contribution is -2.25. The highest BCUT2D eigenvalue weighted by Crippen LogP contribution is 2.33. The summed E-state index contributed by atoms with van der Waals surface area (Å²) < 4.78 is 39.7. The molecule has 4 rings (SSSR count). The molecule has 1 aromatic carbocycles. The molecule has 132 valence electrons. The molecular weight excluding hydrogens is 326 g/mol. The Labute approximate surface area is 145 Å². The number of aromatic nitrogens is 2. The molecule has 1 aromatic heterocycles. The van der Waals surface area contributed by atoms with E-state index in [0.29, 0.717) is 24.1 Å². The highest BCUT2D eigenvalue weighted by Gasteiger charge is 2.24. The van der Waals surface area contributed by atoms with Crippen LogP contribution in [0.2, 0.25) is 0 Å². The Bertz CT molecular complexity index is 766. The maximum atomic E-state index is 14.3. The van der Waals surface area contributed by atoms with Crippen molar-refractivity contribution in [3.8, 4) is 23.0 Å². The highest BCUT2D eigenvalue weighted by atomic mass is 19.1. The first-order chi connectivity index (χ1) is 12.1. The van der Waals surface area contributed by atoms with Crippen LogP contribution in [0, 0.1) is 24.5 Å². The molecule has 25 heavy (non-hydrogen) atoms. The van der Waals surface area contributed by atoms with Gasteiger partial charge in [-0.2, -0.15) is 4.98 Å². The summed E-state index contributed by atoms with van der Waals surface area (Å²) >= 11 is 0. The predicted octanol–water partition coefficient (Wildman–Crippen LogP) is 4.45. The van der Waals surface area contributed by atoms with Crippen LogP contribution in [0.5, 0.6) is 11.6 Å². The average Bonchev–Trinajstić information content (AvgIpc) is 3.34. The van der Waals surface area contributed by atoms with Crippen LogP contribution in [0.15, 0.2) is 18.2 Å². The first kappa shape index (κ1) is 16.2. The molecule has 2 fully saturated rings. The molecule has 0 radical (unpaired) electrons. The summed E-state index contributed by atoms with van der Waals surface area (Å²) in [5.41, 5.74) is 0.963. The minimum Gasteiger partial charge on any atom is -0.487 e. The van der Waals surface area contributed by atoms with E-state index in [2.05, 4.69) is 9.97 Å². The second kappa shape index (κ2) is 6.58. The van der Waals surface area contributed by atoms with Gasteiger partial charge in [0, 0.05) is 17.3 Å². The van der Waals surface area contributed by atoms with Gasteiger partial charge in [0.15, 0.2) is 23.2 Å². The maximum absolute atomic E-state index is 14.3. The fraction of sp³-hybridized carbons (Fsp3) is 0.474. The monoisotopic (exact) mass is 346 g/mol. The standard InChI is InChI=1S/C19H20F2N2O2/c1-11-7-17(25-14-3-2-4-14)23-19(22-11)13-8-15(20)18(16(21)9-13)24-10-12-5-6-12/h7-9,12,14H,2-6,10H2,1H3. The minimum absolute atomic E-state index is 0.175. The van der Waals surface area contributed by atoms with E-state index in [1.54, 1.807) is 13.0 Å². The van der Waals surface area contributed by atoms with E-state index in [-0.39, 0.29) is 23.2 Å². The number of benzene rings is 1. The Morgan fingerprint density at radius 3 is 2.36 bits per heavy atom. The zero-order valence-corrected chi connectivity index (χ0v) is 14.1. The number of hydrogen-bond donors (Lipinski definition) is 0. The van der Waals surface area contributed by atoms with E-state index >= 15 is 0 Å². The summed E-state index contributed by atoms with van der Waals surface area (Å²) in [6.07, 6.45) is 5.46. The van der Waals surface area contributed by atoms with Gasteiger partial charge in [-0.25, -0.2) is 13.8 Å². The van der Waals surface area contributed by atoms with Crippen molar-refractivity contribution in [3.05, 3.63) is 35.5 Å². The van der Waals surface area contributed by atoms with Crippen molar-refractivity contribution in [3.63, 3.8) is 0 Å². The molecule has 2 aliphatic carbocycles. The molecule has 0 saturated heterocycles. The third-order valence-electron chi connectivity index (χ3n) is 4.59. The van der Waals surface area contributed by atoms with Gasteiger partial charge in [-0.05, 0) is 57.1 Å². The summed E-state index contributed by atoms with van der Waals surface area (Å²) in [5.74, 6) is -0.675. The third-order valence-corrected chi connectivity index (χ3v) is 4.59. The second-order valence-electron chi connectivity index (χ2n) is 6.87. The lowest BCUT2D eigenvalue weighted by Gasteiger charge is -2.25. The molecule has 0 spiro atoms. The Morgan fingerprint density at radius 2 is 1.76 bits per heavy atom. The molecule has 0 atom stereocenters. The van der Waals surface area contributed by atoms with E-state index in [9.17, 15) is 8.78 Å². The Morgan fingerprint density at radius 1 is 1.04 bits per heavy atom. The van der Waals surface area contributed by atoms with Crippen LogP contribution < -0.4 is 9.47 Å². The van der Waals surface area contributed by atoms with Gasteiger partial charge in [-0.1, -0.05) is 0 Å². The third kappa shape index (κ3) is 3.72. The molecular formula is C19H20F2N2O2. The van der Waals surface area contributed by atoms with Crippen molar-refractivity contribution in [1.82, 2.24) is 9.97 Å². The average molecular weight is 346 g/mol. The molecule has 2 saturated carbocycles. The van der Waals surface area contributed by atoms with Crippen molar-refractivity contribution >= 4 is 0 Å². The van der Waals surface area contributed by atoms with Gasteiger partial charge in [-0.15, -0.1) is 0 Å². The molecule has 1 heterocycles. The molecule has 2 aliphatic rings. The normalized spacial score (nSPS) is 17.2. The molecule has 6 heteroatoms.